The molecule has 1 rings (SSSR count). The van der Waals surface area contributed by atoms with Crippen LogP contribution in [-0.4, -0.2) is 24.7 Å². The first-order valence-electron chi connectivity index (χ1n) is 4.92. The Morgan fingerprint density at radius 2 is 2.00 bits per heavy atom. The molecule has 6 nitrogen and oxygen atoms in total. The highest BCUT2D eigenvalue weighted by Crippen LogP contribution is 2.18. The van der Waals surface area contributed by atoms with Gasteiger partial charge in [-0.1, -0.05) is 6.07 Å². The molecule has 0 aliphatic rings. The number of hydrogen-bond donors (Lipinski definition) is 2. The van der Waals surface area contributed by atoms with Gasteiger partial charge in [-0.2, -0.15) is 0 Å². The van der Waals surface area contributed by atoms with Gasteiger partial charge in [0, 0.05) is 11.4 Å². The van der Waals surface area contributed by atoms with Crippen molar-refractivity contribution in [1.82, 2.24) is 0 Å². The molecule has 0 aromatic heterocycles. The van der Waals surface area contributed by atoms with E-state index in [-0.39, 0.29) is 6.54 Å². The molecule has 0 saturated heterocycles. The third-order valence-electron chi connectivity index (χ3n) is 2.23. The lowest BCUT2D eigenvalue weighted by molar-refractivity contribution is 0.550. The number of benzene rings is 1. The lowest BCUT2D eigenvalue weighted by atomic mass is 10.0. The van der Waals surface area contributed by atoms with E-state index >= 15 is 0 Å². The summed E-state index contributed by atoms with van der Waals surface area (Å²) in [5.74, 6) is 0. The van der Waals surface area contributed by atoms with E-state index in [0.717, 1.165) is 5.56 Å². The highest BCUT2D eigenvalue weighted by molar-refractivity contribution is 5.57. The summed E-state index contributed by atoms with van der Waals surface area (Å²) >= 11 is 0. The monoisotopic (exact) mass is 232 g/mol. The van der Waals surface area contributed by atoms with Gasteiger partial charge in [-0.25, -0.2) is 19.6 Å². The normalized spacial score (nSPS) is 11.1. The fourth-order valence-corrected chi connectivity index (χ4v) is 1.42. The van der Waals surface area contributed by atoms with Gasteiger partial charge >= 0.3 is 0 Å². The van der Waals surface area contributed by atoms with Crippen LogP contribution in [0.2, 0.25) is 0 Å². The number of nitrogen functional groups attached to an aromatic ring is 2. The fourth-order valence-electron chi connectivity index (χ4n) is 1.42. The minimum absolute atomic E-state index is 0.0859. The summed E-state index contributed by atoms with van der Waals surface area (Å²) in [6.07, 6.45) is 3.24. The number of nitrogens with two attached hydrogens (primary N) is 2. The average molecular weight is 232 g/mol. The number of nitrogens with zero attached hydrogens (tertiary/aromatic N) is 2. The number of aliphatic imine (C=N–C) groups is 2. The van der Waals surface area contributed by atoms with Gasteiger partial charge in [0.15, 0.2) is 0 Å². The standard InChI is InChI=1S/C11H12N4O2/c12-9-2-1-8(11(13)4-9)3-10(15-7-17)5-14-6-16/h1-2,4,10H,3,5,12-13H2. The second kappa shape index (κ2) is 6.23. The maximum atomic E-state index is 10.2. The highest BCUT2D eigenvalue weighted by atomic mass is 16.1. The third kappa shape index (κ3) is 3.91. The Labute approximate surface area is 98.0 Å². The summed E-state index contributed by atoms with van der Waals surface area (Å²) < 4.78 is 0. The molecule has 88 valence electrons. The van der Waals surface area contributed by atoms with Crippen LogP contribution < -0.4 is 11.5 Å². The van der Waals surface area contributed by atoms with E-state index in [1.807, 2.05) is 0 Å². The Kier molecular flexibility index (Phi) is 4.63. The molecule has 6 heteroatoms. The summed E-state index contributed by atoms with van der Waals surface area (Å²) in [6, 6.07) is 4.62. The first-order chi connectivity index (χ1) is 8.17. The van der Waals surface area contributed by atoms with Crippen LogP contribution in [0.5, 0.6) is 0 Å². The molecule has 1 atom stereocenters. The van der Waals surface area contributed by atoms with E-state index in [1.165, 1.54) is 12.2 Å². The third-order valence-corrected chi connectivity index (χ3v) is 2.23. The van der Waals surface area contributed by atoms with Gasteiger partial charge in [0.05, 0.1) is 12.6 Å². The molecular formula is C11H12N4O2. The predicted molar refractivity (Wildman–Crippen MR) is 63.9 cm³/mol. The summed E-state index contributed by atoms with van der Waals surface area (Å²) in [4.78, 5) is 27.2. The molecule has 4 N–H and O–H groups in total. The zero-order valence-corrected chi connectivity index (χ0v) is 9.09. The van der Waals surface area contributed by atoms with Crippen molar-refractivity contribution in [2.75, 3.05) is 18.0 Å². The van der Waals surface area contributed by atoms with E-state index in [2.05, 4.69) is 9.98 Å². The Morgan fingerprint density at radius 3 is 2.59 bits per heavy atom. The Balaban J connectivity index is 2.85. The minimum atomic E-state index is -0.458. The number of rotatable bonds is 5. The molecule has 0 saturated carbocycles. The second-order valence-corrected chi connectivity index (χ2v) is 3.47. The number of isocyanates is 2. The maximum absolute atomic E-state index is 10.2. The molecule has 0 aliphatic carbocycles. The number of carbonyl (C=O) groups excluding carboxylic acids is 2. The molecular weight excluding hydrogens is 220 g/mol. The molecule has 0 aliphatic heterocycles. The van der Waals surface area contributed by atoms with Crippen molar-refractivity contribution in [2.45, 2.75) is 12.5 Å². The maximum Gasteiger partial charge on any atom is 0.235 e. The van der Waals surface area contributed by atoms with Gasteiger partial charge in [-0.05, 0) is 24.1 Å². The van der Waals surface area contributed by atoms with E-state index in [0.29, 0.717) is 17.8 Å². The topological polar surface area (TPSA) is 111 Å². The molecule has 0 fully saturated rings. The fraction of sp³-hybridized carbons (Fsp3) is 0.273. The number of anilines is 2. The molecule has 17 heavy (non-hydrogen) atoms. The molecule has 0 radical (unpaired) electrons. The minimum Gasteiger partial charge on any atom is -0.399 e. The van der Waals surface area contributed by atoms with Crippen LogP contribution in [0.1, 0.15) is 5.56 Å². The number of hydrogen-bond acceptors (Lipinski definition) is 6. The Bertz CT molecular complexity index is 488. The first-order valence-corrected chi connectivity index (χ1v) is 4.92. The first kappa shape index (κ1) is 12.6. The molecule has 0 bridgehead atoms. The molecule has 0 spiro atoms. The smallest absolute Gasteiger partial charge is 0.235 e. The van der Waals surface area contributed by atoms with Gasteiger partial charge in [-0.15, -0.1) is 0 Å². The van der Waals surface area contributed by atoms with Crippen LogP contribution in [0, 0.1) is 0 Å². The highest BCUT2D eigenvalue weighted by Gasteiger charge is 2.10. The van der Waals surface area contributed by atoms with Crippen molar-refractivity contribution < 1.29 is 9.59 Å². The van der Waals surface area contributed by atoms with Gasteiger partial charge < -0.3 is 11.5 Å². The average Bonchev–Trinajstić information content (AvgIpc) is 2.29. The van der Waals surface area contributed by atoms with Crippen molar-refractivity contribution in [1.29, 1.82) is 0 Å². The zero-order valence-electron chi connectivity index (χ0n) is 9.09. The van der Waals surface area contributed by atoms with Gasteiger partial charge in [0.25, 0.3) is 0 Å². The van der Waals surface area contributed by atoms with Crippen LogP contribution in [-0.2, 0) is 16.0 Å². The lowest BCUT2D eigenvalue weighted by Gasteiger charge is -2.10. The van der Waals surface area contributed by atoms with E-state index < -0.39 is 6.04 Å². The van der Waals surface area contributed by atoms with Gasteiger partial charge in [0.2, 0.25) is 12.2 Å². The van der Waals surface area contributed by atoms with E-state index in [9.17, 15) is 9.59 Å². The van der Waals surface area contributed by atoms with Crippen molar-refractivity contribution in [3.63, 3.8) is 0 Å². The predicted octanol–water partition coefficient (Wildman–Crippen LogP) is 0.434. The van der Waals surface area contributed by atoms with E-state index in [1.54, 1.807) is 18.2 Å². The Morgan fingerprint density at radius 1 is 1.24 bits per heavy atom. The zero-order chi connectivity index (χ0) is 12.7. The largest absolute Gasteiger partial charge is 0.399 e. The van der Waals surface area contributed by atoms with Crippen LogP contribution in [0.4, 0.5) is 11.4 Å². The van der Waals surface area contributed by atoms with E-state index in [4.69, 9.17) is 11.5 Å². The molecule has 1 unspecified atom stereocenters. The second-order valence-electron chi connectivity index (χ2n) is 3.47. The van der Waals surface area contributed by atoms with Crippen molar-refractivity contribution in [3.05, 3.63) is 23.8 Å². The summed E-state index contributed by atoms with van der Waals surface area (Å²) in [7, 11) is 0. The van der Waals surface area contributed by atoms with Gasteiger partial charge in [-0.3, -0.25) is 0 Å². The van der Waals surface area contributed by atoms with Crippen molar-refractivity contribution in [2.24, 2.45) is 9.98 Å². The van der Waals surface area contributed by atoms with Crippen LogP contribution >= 0.6 is 0 Å². The van der Waals surface area contributed by atoms with Crippen LogP contribution in [0.3, 0.4) is 0 Å². The van der Waals surface area contributed by atoms with Gasteiger partial charge in [0.1, 0.15) is 0 Å². The van der Waals surface area contributed by atoms with Crippen LogP contribution in [0.25, 0.3) is 0 Å². The summed E-state index contributed by atoms with van der Waals surface area (Å²) in [6.45, 7) is 0.0859. The lowest BCUT2D eigenvalue weighted by Crippen LogP contribution is -2.13. The SMILES string of the molecule is Nc1ccc(CC(CN=C=O)N=C=O)c(N)c1. The van der Waals surface area contributed by atoms with Crippen molar-refractivity contribution >= 4 is 23.5 Å². The summed E-state index contributed by atoms with van der Waals surface area (Å²) in [5.41, 5.74) is 13.2. The summed E-state index contributed by atoms with van der Waals surface area (Å²) in [5, 5.41) is 0. The molecule has 0 amide bonds. The van der Waals surface area contributed by atoms with Crippen molar-refractivity contribution in [3.8, 4) is 0 Å². The molecule has 1 aromatic rings. The quantitative estimate of drug-likeness (QED) is 0.435. The Hall–Kier alpha value is -2.42. The molecule has 1 aromatic carbocycles. The molecule has 0 heterocycles. The van der Waals surface area contributed by atoms with Crippen LogP contribution in [0.15, 0.2) is 28.2 Å².